The number of benzene rings is 1. The van der Waals surface area contributed by atoms with Crippen LogP contribution in [0.4, 0.5) is 5.69 Å². The zero-order valence-corrected chi connectivity index (χ0v) is 12.7. The molecule has 1 aromatic heterocycles. The number of ether oxygens (including phenoxy) is 1. The molecule has 0 aliphatic heterocycles. The van der Waals surface area contributed by atoms with E-state index in [2.05, 4.69) is 30.5 Å². The van der Waals surface area contributed by atoms with Gasteiger partial charge in [-0.2, -0.15) is 5.10 Å². The minimum atomic E-state index is 0.433. The quantitative estimate of drug-likeness (QED) is 0.874. The molecule has 0 saturated carbocycles. The van der Waals surface area contributed by atoms with Crippen LogP contribution >= 0.6 is 0 Å². The number of rotatable bonds is 6. The average molecular weight is 273 g/mol. The van der Waals surface area contributed by atoms with Crippen LogP contribution in [0, 0.1) is 0 Å². The van der Waals surface area contributed by atoms with Gasteiger partial charge in [0.25, 0.3) is 0 Å². The molecular weight excluding hydrogens is 250 g/mol. The highest BCUT2D eigenvalue weighted by Gasteiger charge is 2.11. The molecule has 0 spiro atoms. The normalized spacial score (nSPS) is 10.8. The molecule has 0 aliphatic rings. The van der Waals surface area contributed by atoms with E-state index in [1.54, 1.807) is 0 Å². The molecule has 20 heavy (non-hydrogen) atoms. The Hall–Kier alpha value is -1.97. The summed E-state index contributed by atoms with van der Waals surface area (Å²) in [6, 6.07) is 8.04. The Morgan fingerprint density at radius 2 is 2.15 bits per heavy atom. The third-order valence-electron chi connectivity index (χ3n) is 3.11. The lowest BCUT2D eigenvalue weighted by molar-refractivity contribution is 0.340. The van der Waals surface area contributed by atoms with Crippen LogP contribution in [0.5, 0.6) is 5.75 Å². The highest BCUT2D eigenvalue weighted by Crippen LogP contribution is 2.21. The summed E-state index contributed by atoms with van der Waals surface area (Å²) in [6.45, 7) is 7.79. The minimum Gasteiger partial charge on any atom is -0.494 e. The second kappa shape index (κ2) is 6.46. The molecule has 0 atom stereocenters. The fourth-order valence-electron chi connectivity index (χ4n) is 2.24. The fraction of sp³-hybridized carbons (Fsp3) is 0.438. The molecule has 0 fully saturated rings. The van der Waals surface area contributed by atoms with Crippen molar-refractivity contribution in [3.05, 3.63) is 41.7 Å². The van der Waals surface area contributed by atoms with Crippen molar-refractivity contribution in [3.8, 4) is 5.75 Å². The predicted octanol–water partition coefficient (Wildman–Crippen LogP) is 3.55. The zero-order chi connectivity index (χ0) is 14.5. The van der Waals surface area contributed by atoms with Gasteiger partial charge < -0.3 is 10.1 Å². The van der Waals surface area contributed by atoms with Gasteiger partial charge in [0.2, 0.25) is 0 Å². The van der Waals surface area contributed by atoms with Crippen molar-refractivity contribution in [2.75, 3.05) is 11.9 Å². The molecule has 1 N–H and O–H groups in total. The van der Waals surface area contributed by atoms with Gasteiger partial charge in [-0.25, -0.2) is 0 Å². The second-order valence-corrected chi connectivity index (χ2v) is 5.18. The molecule has 4 nitrogen and oxygen atoms in total. The van der Waals surface area contributed by atoms with Crippen molar-refractivity contribution in [2.24, 2.45) is 7.05 Å². The first kappa shape index (κ1) is 14.4. The molecule has 0 amide bonds. The van der Waals surface area contributed by atoms with Crippen LogP contribution in [-0.2, 0) is 13.6 Å². The molecule has 0 aliphatic carbocycles. The number of nitrogens with zero attached hydrogens (tertiary/aromatic N) is 2. The smallest absolute Gasteiger partial charge is 0.121 e. The van der Waals surface area contributed by atoms with E-state index in [0.717, 1.165) is 23.7 Å². The predicted molar refractivity (Wildman–Crippen MR) is 82.2 cm³/mol. The molecule has 0 bridgehead atoms. The number of aryl methyl sites for hydroxylation is 1. The van der Waals surface area contributed by atoms with Crippen molar-refractivity contribution < 1.29 is 4.74 Å². The molecule has 2 aromatic rings. The van der Waals surface area contributed by atoms with Gasteiger partial charge >= 0.3 is 0 Å². The maximum Gasteiger partial charge on any atom is 0.121 e. The lowest BCUT2D eigenvalue weighted by Gasteiger charge is -2.10. The Morgan fingerprint density at radius 1 is 1.35 bits per heavy atom. The SMILES string of the molecule is CCOc1cccc(NCc2cn(C)nc2C(C)C)c1. The lowest BCUT2D eigenvalue weighted by Crippen LogP contribution is -2.03. The molecule has 0 unspecified atom stereocenters. The molecule has 0 radical (unpaired) electrons. The average Bonchev–Trinajstić information content (AvgIpc) is 2.79. The fourth-order valence-corrected chi connectivity index (χ4v) is 2.24. The Morgan fingerprint density at radius 3 is 2.85 bits per heavy atom. The van der Waals surface area contributed by atoms with Gasteiger partial charge in [0.15, 0.2) is 0 Å². The van der Waals surface area contributed by atoms with Crippen LogP contribution in [0.15, 0.2) is 30.5 Å². The standard InChI is InChI=1S/C16H23N3O/c1-5-20-15-8-6-7-14(9-15)17-10-13-11-19(4)18-16(13)12(2)3/h6-9,11-12,17H,5,10H2,1-4H3. The van der Waals surface area contributed by atoms with Crippen molar-refractivity contribution in [1.29, 1.82) is 0 Å². The third kappa shape index (κ3) is 3.53. The van der Waals surface area contributed by atoms with Crippen molar-refractivity contribution >= 4 is 5.69 Å². The summed E-state index contributed by atoms with van der Waals surface area (Å²) >= 11 is 0. The minimum absolute atomic E-state index is 0.433. The molecule has 4 heteroatoms. The Labute approximate surface area is 120 Å². The van der Waals surface area contributed by atoms with Gasteiger partial charge in [0, 0.05) is 37.1 Å². The van der Waals surface area contributed by atoms with Crippen molar-refractivity contribution in [3.63, 3.8) is 0 Å². The van der Waals surface area contributed by atoms with E-state index in [1.165, 1.54) is 5.56 Å². The summed E-state index contributed by atoms with van der Waals surface area (Å²) in [5, 5.41) is 7.96. The molecule has 108 valence electrons. The number of aromatic nitrogens is 2. The first-order chi connectivity index (χ1) is 9.60. The third-order valence-corrected chi connectivity index (χ3v) is 3.11. The van der Waals surface area contributed by atoms with Crippen LogP contribution in [0.2, 0.25) is 0 Å². The summed E-state index contributed by atoms with van der Waals surface area (Å²) < 4.78 is 7.39. The first-order valence-electron chi connectivity index (χ1n) is 7.09. The number of anilines is 1. The number of hydrogen-bond acceptors (Lipinski definition) is 3. The van der Waals surface area contributed by atoms with Gasteiger partial charge in [0.05, 0.1) is 12.3 Å². The first-order valence-corrected chi connectivity index (χ1v) is 7.09. The van der Waals surface area contributed by atoms with E-state index in [9.17, 15) is 0 Å². The zero-order valence-electron chi connectivity index (χ0n) is 12.7. The Bertz CT molecular complexity index is 561. The van der Waals surface area contributed by atoms with Crippen LogP contribution < -0.4 is 10.1 Å². The van der Waals surface area contributed by atoms with Crippen LogP contribution in [0.25, 0.3) is 0 Å². The topological polar surface area (TPSA) is 39.1 Å². The van der Waals surface area contributed by atoms with Crippen molar-refractivity contribution in [1.82, 2.24) is 9.78 Å². The summed E-state index contributed by atoms with van der Waals surface area (Å²) in [4.78, 5) is 0. The van der Waals surface area contributed by atoms with Gasteiger partial charge in [-0.15, -0.1) is 0 Å². The Kier molecular flexibility index (Phi) is 4.66. The van der Waals surface area contributed by atoms with Crippen LogP contribution in [0.3, 0.4) is 0 Å². The highest BCUT2D eigenvalue weighted by atomic mass is 16.5. The summed E-state index contributed by atoms with van der Waals surface area (Å²) in [5.74, 6) is 1.33. The van der Waals surface area contributed by atoms with E-state index in [-0.39, 0.29) is 0 Å². The summed E-state index contributed by atoms with van der Waals surface area (Å²) in [6.07, 6.45) is 2.08. The maximum atomic E-state index is 5.51. The summed E-state index contributed by atoms with van der Waals surface area (Å²) in [5.41, 5.74) is 3.46. The monoisotopic (exact) mass is 273 g/mol. The molecular formula is C16H23N3O. The van der Waals surface area contributed by atoms with E-state index in [0.29, 0.717) is 12.5 Å². The van der Waals surface area contributed by atoms with Crippen molar-refractivity contribution in [2.45, 2.75) is 33.2 Å². The summed E-state index contributed by atoms with van der Waals surface area (Å²) in [7, 11) is 1.96. The molecule has 1 heterocycles. The van der Waals surface area contributed by atoms with E-state index < -0.39 is 0 Å². The maximum absolute atomic E-state index is 5.51. The van der Waals surface area contributed by atoms with E-state index in [4.69, 9.17) is 4.74 Å². The van der Waals surface area contributed by atoms with Gasteiger partial charge in [-0.3, -0.25) is 4.68 Å². The highest BCUT2D eigenvalue weighted by molar-refractivity contribution is 5.48. The molecule has 1 aromatic carbocycles. The van der Waals surface area contributed by atoms with Gasteiger partial charge in [-0.05, 0) is 25.0 Å². The lowest BCUT2D eigenvalue weighted by atomic mass is 10.1. The number of nitrogens with one attached hydrogen (secondary N) is 1. The Balaban J connectivity index is 2.06. The molecule has 2 rings (SSSR count). The van der Waals surface area contributed by atoms with E-state index in [1.807, 2.05) is 42.9 Å². The number of hydrogen-bond donors (Lipinski definition) is 1. The van der Waals surface area contributed by atoms with Gasteiger partial charge in [-0.1, -0.05) is 19.9 Å². The van der Waals surface area contributed by atoms with Gasteiger partial charge in [0.1, 0.15) is 5.75 Å². The largest absolute Gasteiger partial charge is 0.494 e. The second-order valence-electron chi connectivity index (χ2n) is 5.18. The van der Waals surface area contributed by atoms with Crippen LogP contribution in [0.1, 0.15) is 37.9 Å². The van der Waals surface area contributed by atoms with E-state index >= 15 is 0 Å². The molecule has 0 saturated heterocycles. The van der Waals surface area contributed by atoms with Crippen LogP contribution in [-0.4, -0.2) is 16.4 Å².